The SMILES string of the molecule is NCCC1CCN(Cc2cccc3c2CN(C2CCC(=O)NC2=O)C3=O)C1. The van der Waals surface area contributed by atoms with Crippen molar-refractivity contribution >= 4 is 17.7 Å². The topological polar surface area (TPSA) is 95.7 Å². The zero-order valence-corrected chi connectivity index (χ0v) is 15.4. The molecule has 0 aromatic heterocycles. The number of benzene rings is 1. The van der Waals surface area contributed by atoms with Crippen molar-refractivity contribution in [3.63, 3.8) is 0 Å². The lowest BCUT2D eigenvalue weighted by molar-refractivity contribution is -0.136. The van der Waals surface area contributed by atoms with E-state index in [0.29, 0.717) is 24.4 Å². The van der Waals surface area contributed by atoms with Crippen LogP contribution in [-0.2, 0) is 22.7 Å². The monoisotopic (exact) mass is 370 g/mol. The van der Waals surface area contributed by atoms with Crippen molar-refractivity contribution in [2.24, 2.45) is 11.7 Å². The highest BCUT2D eigenvalue weighted by Gasteiger charge is 2.39. The van der Waals surface area contributed by atoms with Gasteiger partial charge in [-0.3, -0.25) is 24.6 Å². The van der Waals surface area contributed by atoms with Crippen molar-refractivity contribution in [1.82, 2.24) is 15.1 Å². The molecule has 0 bridgehead atoms. The van der Waals surface area contributed by atoms with Gasteiger partial charge in [-0.2, -0.15) is 0 Å². The predicted octanol–water partition coefficient (Wildman–Crippen LogP) is 0.618. The van der Waals surface area contributed by atoms with Gasteiger partial charge in [0.2, 0.25) is 11.8 Å². The predicted molar refractivity (Wildman–Crippen MR) is 99.5 cm³/mol. The highest BCUT2D eigenvalue weighted by molar-refractivity contribution is 6.05. The molecule has 0 spiro atoms. The molecule has 2 saturated heterocycles. The van der Waals surface area contributed by atoms with Crippen LogP contribution in [0.5, 0.6) is 0 Å². The Morgan fingerprint density at radius 1 is 1.19 bits per heavy atom. The molecule has 27 heavy (non-hydrogen) atoms. The minimum atomic E-state index is -0.559. The first-order valence-corrected chi connectivity index (χ1v) is 9.74. The summed E-state index contributed by atoms with van der Waals surface area (Å²) in [5.74, 6) is -0.0718. The minimum Gasteiger partial charge on any atom is -0.330 e. The first-order chi connectivity index (χ1) is 13.1. The molecule has 0 radical (unpaired) electrons. The van der Waals surface area contributed by atoms with Gasteiger partial charge in [0, 0.05) is 31.6 Å². The number of likely N-dealkylation sites (tertiary alicyclic amines) is 1. The summed E-state index contributed by atoms with van der Waals surface area (Å²) < 4.78 is 0. The van der Waals surface area contributed by atoms with E-state index in [1.807, 2.05) is 12.1 Å². The largest absolute Gasteiger partial charge is 0.330 e. The van der Waals surface area contributed by atoms with Gasteiger partial charge < -0.3 is 10.6 Å². The Bertz CT molecular complexity index is 778. The Labute approximate surface area is 158 Å². The first kappa shape index (κ1) is 18.1. The molecule has 0 aliphatic carbocycles. The average Bonchev–Trinajstić information content (AvgIpc) is 3.21. The Hall–Kier alpha value is -2.25. The van der Waals surface area contributed by atoms with Crippen molar-refractivity contribution < 1.29 is 14.4 Å². The molecule has 144 valence electrons. The van der Waals surface area contributed by atoms with Crippen LogP contribution in [0.4, 0.5) is 0 Å². The lowest BCUT2D eigenvalue weighted by Gasteiger charge is -2.29. The molecule has 2 atom stereocenters. The summed E-state index contributed by atoms with van der Waals surface area (Å²) in [5.41, 5.74) is 8.56. The molecular formula is C20H26N4O3. The quantitative estimate of drug-likeness (QED) is 0.741. The smallest absolute Gasteiger partial charge is 0.255 e. The zero-order valence-electron chi connectivity index (χ0n) is 15.4. The van der Waals surface area contributed by atoms with Gasteiger partial charge in [-0.05, 0) is 55.5 Å². The Balaban J connectivity index is 1.50. The van der Waals surface area contributed by atoms with Gasteiger partial charge in [0.15, 0.2) is 0 Å². The van der Waals surface area contributed by atoms with Gasteiger partial charge in [-0.15, -0.1) is 0 Å². The van der Waals surface area contributed by atoms with Gasteiger partial charge in [0.1, 0.15) is 6.04 Å². The second-order valence-electron chi connectivity index (χ2n) is 7.81. The standard InChI is InChI=1S/C20H26N4O3/c21-8-6-13-7-9-23(10-13)11-14-2-1-3-15-16(14)12-24(20(15)27)17-4-5-18(25)22-19(17)26/h1-3,13,17H,4-12,21H2,(H,22,25,26). The number of carbonyl (C=O) groups excluding carboxylic acids is 3. The van der Waals surface area contributed by atoms with E-state index >= 15 is 0 Å². The molecular weight excluding hydrogens is 344 g/mol. The molecule has 3 aliphatic rings. The zero-order chi connectivity index (χ0) is 19.0. The lowest BCUT2D eigenvalue weighted by atomic mass is 10.0. The molecule has 2 fully saturated rings. The van der Waals surface area contributed by atoms with Crippen LogP contribution in [0.1, 0.15) is 47.2 Å². The molecule has 4 rings (SSSR count). The fourth-order valence-corrected chi connectivity index (χ4v) is 4.57. The summed E-state index contributed by atoms with van der Waals surface area (Å²) in [7, 11) is 0. The van der Waals surface area contributed by atoms with Crippen molar-refractivity contribution in [3.05, 3.63) is 34.9 Å². The van der Waals surface area contributed by atoms with Crippen LogP contribution < -0.4 is 11.1 Å². The van der Waals surface area contributed by atoms with E-state index in [9.17, 15) is 14.4 Å². The third-order valence-electron chi connectivity index (χ3n) is 6.02. The van der Waals surface area contributed by atoms with Crippen molar-refractivity contribution in [2.45, 2.75) is 44.8 Å². The minimum absolute atomic E-state index is 0.108. The van der Waals surface area contributed by atoms with Crippen LogP contribution in [-0.4, -0.2) is 53.2 Å². The first-order valence-electron chi connectivity index (χ1n) is 9.74. The third kappa shape index (κ3) is 3.49. The number of piperidine rings is 1. The Kier molecular flexibility index (Phi) is 4.97. The molecule has 7 nitrogen and oxygen atoms in total. The summed E-state index contributed by atoms with van der Waals surface area (Å²) in [6.07, 6.45) is 2.91. The number of hydrogen-bond donors (Lipinski definition) is 2. The number of nitrogens with one attached hydrogen (secondary N) is 1. The van der Waals surface area contributed by atoms with E-state index in [1.165, 1.54) is 6.42 Å². The number of carbonyl (C=O) groups is 3. The van der Waals surface area contributed by atoms with E-state index in [2.05, 4.69) is 16.3 Å². The van der Waals surface area contributed by atoms with Crippen LogP contribution in [0.25, 0.3) is 0 Å². The van der Waals surface area contributed by atoms with Crippen LogP contribution in [0.2, 0.25) is 0 Å². The molecule has 3 heterocycles. The number of hydrogen-bond acceptors (Lipinski definition) is 5. The van der Waals surface area contributed by atoms with Gasteiger partial charge in [0.25, 0.3) is 5.91 Å². The number of amides is 3. The average molecular weight is 370 g/mol. The molecule has 3 aliphatic heterocycles. The maximum atomic E-state index is 12.9. The molecule has 1 aromatic rings. The summed E-state index contributed by atoms with van der Waals surface area (Å²) in [4.78, 5) is 40.5. The van der Waals surface area contributed by atoms with Crippen LogP contribution in [0.3, 0.4) is 0 Å². The number of fused-ring (bicyclic) bond motifs is 1. The fraction of sp³-hybridized carbons (Fsp3) is 0.550. The van der Waals surface area contributed by atoms with Gasteiger partial charge >= 0.3 is 0 Å². The second kappa shape index (κ2) is 7.40. The Morgan fingerprint density at radius 3 is 2.81 bits per heavy atom. The molecule has 3 amide bonds. The van der Waals surface area contributed by atoms with Crippen LogP contribution >= 0.6 is 0 Å². The van der Waals surface area contributed by atoms with E-state index < -0.39 is 6.04 Å². The van der Waals surface area contributed by atoms with Crippen molar-refractivity contribution in [2.75, 3.05) is 19.6 Å². The Morgan fingerprint density at radius 2 is 2.04 bits per heavy atom. The summed E-state index contributed by atoms with van der Waals surface area (Å²) in [6.45, 7) is 4.09. The molecule has 0 saturated carbocycles. The van der Waals surface area contributed by atoms with Crippen LogP contribution in [0, 0.1) is 5.92 Å². The third-order valence-corrected chi connectivity index (χ3v) is 6.02. The van der Waals surface area contributed by atoms with Gasteiger partial charge in [-0.1, -0.05) is 12.1 Å². The molecule has 7 heteroatoms. The van der Waals surface area contributed by atoms with Gasteiger partial charge in [0.05, 0.1) is 0 Å². The molecule has 1 aromatic carbocycles. The number of rotatable bonds is 5. The molecule has 3 N–H and O–H groups in total. The lowest BCUT2D eigenvalue weighted by Crippen LogP contribution is -2.52. The summed E-state index contributed by atoms with van der Waals surface area (Å²) >= 11 is 0. The van der Waals surface area contributed by atoms with Crippen LogP contribution in [0.15, 0.2) is 18.2 Å². The number of imide groups is 1. The van der Waals surface area contributed by atoms with E-state index in [-0.39, 0.29) is 24.1 Å². The van der Waals surface area contributed by atoms with E-state index in [0.717, 1.165) is 43.7 Å². The summed E-state index contributed by atoms with van der Waals surface area (Å²) in [6, 6.07) is 5.29. The van der Waals surface area contributed by atoms with E-state index in [4.69, 9.17) is 5.73 Å². The highest BCUT2D eigenvalue weighted by atomic mass is 16.2. The number of nitrogens with zero attached hydrogens (tertiary/aromatic N) is 2. The fourth-order valence-electron chi connectivity index (χ4n) is 4.57. The highest BCUT2D eigenvalue weighted by Crippen LogP contribution is 2.31. The van der Waals surface area contributed by atoms with Crippen molar-refractivity contribution in [1.29, 1.82) is 0 Å². The maximum Gasteiger partial charge on any atom is 0.255 e. The normalized spacial score (nSPS) is 25.8. The van der Waals surface area contributed by atoms with Gasteiger partial charge in [-0.25, -0.2) is 0 Å². The number of nitrogens with two attached hydrogens (primary N) is 1. The van der Waals surface area contributed by atoms with Crippen molar-refractivity contribution in [3.8, 4) is 0 Å². The maximum absolute atomic E-state index is 12.9. The summed E-state index contributed by atoms with van der Waals surface area (Å²) in [5, 5.41) is 2.35. The second-order valence-corrected chi connectivity index (χ2v) is 7.81. The molecule has 2 unspecified atom stereocenters. The van der Waals surface area contributed by atoms with E-state index in [1.54, 1.807) is 4.90 Å².